The number of hydrogen-bond donors (Lipinski definition) is 1. The van der Waals surface area contributed by atoms with E-state index in [9.17, 15) is 14.4 Å². The second-order valence-corrected chi connectivity index (χ2v) is 6.24. The number of imide groups is 1. The fourth-order valence-electron chi connectivity index (χ4n) is 2.77. The lowest BCUT2D eigenvalue weighted by Gasteiger charge is -2.18. The van der Waals surface area contributed by atoms with Crippen molar-refractivity contribution in [2.45, 2.75) is 45.6 Å². The molecule has 1 aromatic carbocycles. The van der Waals surface area contributed by atoms with E-state index in [1.54, 1.807) is 7.11 Å². The van der Waals surface area contributed by atoms with Gasteiger partial charge in [0.1, 0.15) is 0 Å². The minimum absolute atomic E-state index is 0.0939. The minimum atomic E-state index is -0.235. The van der Waals surface area contributed by atoms with Crippen molar-refractivity contribution in [3.63, 3.8) is 0 Å². The second-order valence-electron chi connectivity index (χ2n) is 6.24. The number of hydrogen-bond acceptors (Lipinski definition) is 5. The van der Waals surface area contributed by atoms with Gasteiger partial charge < -0.3 is 14.8 Å². The standard InChI is InChI=1S/C19H26N2O5/c1-4-11-26-15-6-5-14(12-16(15)25-3)13(2)20-17(22)9-10-21-18(23)7-8-19(21)24/h5-6,12-13H,4,7-11H2,1-3H3,(H,20,22). The van der Waals surface area contributed by atoms with Crippen molar-refractivity contribution in [1.82, 2.24) is 10.2 Å². The van der Waals surface area contributed by atoms with Crippen LogP contribution in [0.2, 0.25) is 0 Å². The molecule has 0 aromatic heterocycles. The average molecular weight is 362 g/mol. The predicted molar refractivity (Wildman–Crippen MR) is 95.9 cm³/mol. The maximum Gasteiger partial charge on any atom is 0.229 e. The molecule has 0 spiro atoms. The van der Waals surface area contributed by atoms with Crippen LogP contribution >= 0.6 is 0 Å². The zero-order valence-electron chi connectivity index (χ0n) is 15.5. The molecule has 1 fully saturated rings. The van der Waals surface area contributed by atoms with E-state index in [0.717, 1.165) is 16.9 Å². The Bertz CT molecular complexity index is 658. The van der Waals surface area contributed by atoms with Crippen LogP contribution in [0.25, 0.3) is 0 Å². The van der Waals surface area contributed by atoms with Gasteiger partial charge in [-0.15, -0.1) is 0 Å². The Labute approximate surface area is 153 Å². The Morgan fingerprint density at radius 1 is 1.23 bits per heavy atom. The van der Waals surface area contributed by atoms with E-state index >= 15 is 0 Å². The zero-order chi connectivity index (χ0) is 19.1. The van der Waals surface area contributed by atoms with Gasteiger partial charge in [0.05, 0.1) is 19.8 Å². The van der Waals surface area contributed by atoms with E-state index in [1.165, 1.54) is 0 Å². The number of carbonyl (C=O) groups excluding carboxylic acids is 3. The fraction of sp³-hybridized carbons (Fsp3) is 0.526. The predicted octanol–water partition coefficient (Wildman–Crippen LogP) is 2.20. The molecule has 142 valence electrons. The number of rotatable bonds is 9. The minimum Gasteiger partial charge on any atom is -0.493 e. The molecule has 0 radical (unpaired) electrons. The molecule has 1 atom stereocenters. The molecule has 1 aromatic rings. The van der Waals surface area contributed by atoms with Gasteiger partial charge in [-0.2, -0.15) is 0 Å². The lowest BCUT2D eigenvalue weighted by Crippen LogP contribution is -2.34. The van der Waals surface area contributed by atoms with Crippen LogP contribution < -0.4 is 14.8 Å². The van der Waals surface area contributed by atoms with E-state index in [4.69, 9.17) is 9.47 Å². The van der Waals surface area contributed by atoms with Gasteiger partial charge in [-0.25, -0.2) is 0 Å². The molecule has 1 N–H and O–H groups in total. The first-order valence-electron chi connectivity index (χ1n) is 8.89. The van der Waals surface area contributed by atoms with E-state index in [-0.39, 0.29) is 49.6 Å². The summed E-state index contributed by atoms with van der Waals surface area (Å²) < 4.78 is 11.0. The SMILES string of the molecule is CCCOc1ccc(C(C)NC(=O)CCN2C(=O)CCC2=O)cc1OC. The number of nitrogens with zero attached hydrogens (tertiary/aromatic N) is 1. The lowest BCUT2D eigenvalue weighted by molar-refractivity contribution is -0.138. The highest BCUT2D eigenvalue weighted by atomic mass is 16.5. The van der Waals surface area contributed by atoms with Crippen molar-refractivity contribution in [3.05, 3.63) is 23.8 Å². The van der Waals surface area contributed by atoms with Gasteiger partial charge in [0.25, 0.3) is 0 Å². The number of ether oxygens (including phenoxy) is 2. The summed E-state index contributed by atoms with van der Waals surface area (Å²) >= 11 is 0. The van der Waals surface area contributed by atoms with Crippen molar-refractivity contribution >= 4 is 17.7 Å². The summed E-state index contributed by atoms with van der Waals surface area (Å²) in [7, 11) is 1.57. The van der Waals surface area contributed by atoms with E-state index < -0.39 is 0 Å². The van der Waals surface area contributed by atoms with Crippen LogP contribution in [0.1, 0.15) is 51.1 Å². The summed E-state index contributed by atoms with van der Waals surface area (Å²) in [6.07, 6.45) is 1.47. The number of amides is 3. The summed E-state index contributed by atoms with van der Waals surface area (Å²) in [5.74, 6) is 0.662. The van der Waals surface area contributed by atoms with Gasteiger partial charge in [-0.05, 0) is 31.0 Å². The number of methoxy groups -OCH3 is 1. The molecule has 1 heterocycles. The van der Waals surface area contributed by atoms with E-state index in [1.807, 2.05) is 32.0 Å². The van der Waals surface area contributed by atoms with Gasteiger partial charge in [0.15, 0.2) is 11.5 Å². The maximum absolute atomic E-state index is 12.1. The molecule has 0 saturated carbocycles. The molecule has 1 saturated heterocycles. The highest BCUT2D eigenvalue weighted by Crippen LogP contribution is 2.30. The smallest absolute Gasteiger partial charge is 0.229 e. The van der Waals surface area contributed by atoms with Crippen molar-refractivity contribution in [1.29, 1.82) is 0 Å². The van der Waals surface area contributed by atoms with Crippen LogP contribution in [0.5, 0.6) is 11.5 Å². The third-order valence-corrected chi connectivity index (χ3v) is 4.24. The Morgan fingerprint density at radius 3 is 2.54 bits per heavy atom. The largest absolute Gasteiger partial charge is 0.493 e. The number of nitrogens with one attached hydrogen (secondary N) is 1. The molecule has 1 aliphatic heterocycles. The third-order valence-electron chi connectivity index (χ3n) is 4.24. The molecule has 0 bridgehead atoms. The van der Waals surface area contributed by atoms with Crippen LogP contribution in [0.15, 0.2) is 18.2 Å². The average Bonchev–Trinajstić information content (AvgIpc) is 2.95. The molecule has 2 rings (SSSR count). The Balaban J connectivity index is 1.91. The molecule has 26 heavy (non-hydrogen) atoms. The Kier molecular flexibility index (Phi) is 7.00. The van der Waals surface area contributed by atoms with Crippen LogP contribution in [-0.2, 0) is 14.4 Å². The molecule has 7 heteroatoms. The molecule has 1 aliphatic rings. The van der Waals surface area contributed by atoms with Gasteiger partial charge in [-0.3, -0.25) is 19.3 Å². The number of benzene rings is 1. The van der Waals surface area contributed by atoms with Gasteiger partial charge >= 0.3 is 0 Å². The third kappa shape index (κ3) is 4.97. The van der Waals surface area contributed by atoms with Crippen molar-refractivity contribution in [2.75, 3.05) is 20.3 Å². The normalized spacial score (nSPS) is 15.1. The first-order chi connectivity index (χ1) is 12.5. The van der Waals surface area contributed by atoms with E-state index in [0.29, 0.717) is 18.1 Å². The molecule has 7 nitrogen and oxygen atoms in total. The van der Waals surface area contributed by atoms with Crippen LogP contribution in [0.4, 0.5) is 0 Å². The zero-order valence-corrected chi connectivity index (χ0v) is 15.5. The van der Waals surface area contributed by atoms with Crippen molar-refractivity contribution in [3.8, 4) is 11.5 Å². The lowest BCUT2D eigenvalue weighted by atomic mass is 10.1. The summed E-state index contributed by atoms with van der Waals surface area (Å²) in [6, 6.07) is 5.31. The monoisotopic (exact) mass is 362 g/mol. The molecular weight excluding hydrogens is 336 g/mol. The molecule has 3 amide bonds. The van der Waals surface area contributed by atoms with Crippen LogP contribution in [-0.4, -0.2) is 42.9 Å². The molecule has 0 aliphatic carbocycles. The number of carbonyl (C=O) groups is 3. The first kappa shape index (κ1) is 19.8. The topological polar surface area (TPSA) is 84.9 Å². The van der Waals surface area contributed by atoms with Gasteiger partial charge in [0.2, 0.25) is 17.7 Å². The second kappa shape index (κ2) is 9.22. The first-order valence-corrected chi connectivity index (χ1v) is 8.89. The summed E-state index contributed by atoms with van der Waals surface area (Å²) in [5, 5.41) is 2.88. The van der Waals surface area contributed by atoms with Gasteiger partial charge in [-0.1, -0.05) is 13.0 Å². The molecule has 1 unspecified atom stereocenters. The summed E-state index contributed by atoms with van der Waals surface area (Å²) in [5.41, 5.74) is 0.882. The Morgan fingerprint density at radius 2 is 1.92 bits per heavy atom. The highest BCUT2D eigenvalue weighted by molar-refractivity contribution is 6.02. The Hall–Kier alpha value is -2.57. The van der Waals surface area contributed by atoms with Crippen molar-refractivity contribution < 1.29 is 23.9 Å². The quantitative estimate of drug-likeness (QED) is 0.681. The summed E-state index contributed by atoms with van der Waals surface area (Å²) in [6.45, 7) is 4.63. The summed E-state index contributed by atoms with van der Waals surface area (Å²) in [4.78, 5) is 36.4. The fourth-order valence-corrected chi connectivity index (χ4v) is 2.77. The number of likely N-dealkylation sites (tertiary alicyclic amines) is 1. The van der Waals surface area contributed by atoms with E-state index in [2.05, 4.69) is 5.32 Å². The molecular formula is C19H26N2O5. The van der Waals surface area contributed by atoms with Crippen LogP contribution in [0, 0.1) is 0 Å². The van der Waals surface area contributed by atoms with Crippen LogP contribution in [0.3, 0.4) is 0 Å². The van der Waals surface area contributed by atoms with Crippen molar-refractivity contribution in [2.24, 2.45) is 0 Å². The maximum atomic E-state index is 12.1. The highest BCUT2D eigenvalue weighted by Gasteiger charge is 2.28. The van der Waals surface area contributed by atoms with Gasteiger partial charge in [0, 0.05) is 25.8 Å².